The van der Waals surface area contributed by atoms with Gasteiger partial charge in [0.05, 0.1) is 5.56 Å². The molecule has 0 spiro atoms. The number of hydrogen-bond donors (Lipinski definition) is 0. The minimum atomic E-state index is -4.88. The highest BCUT2D eigenvalue weighted by Crippen LogP contribution is 2.36. The molecule has 11 heteroatoms. The van der Waals surface area contributed by atoms with Crippen molar-refractivity contribution in [3.63, 3.8) is 0 Å². The lowest BCUT2D eigenvalue weighted by molar-refractivity contribution is -0.138. The third-order valence-corrected chi connectivity index (χ3v) is 4.29. The van der Waals surface area contributed by atoms with E-state index in [1.54, 1.807) is 0 Å². The summed E-state index contributed by atoms with van der Waals surface area (Å²) in [5, 5.41) is 0. The quantitative estimate of drug-likeness (QED) is 0.755. The molecule has 2 rings (SSSR count). The molecule has 0 aliphatic heterocycles. The molecule has 0 N–H and O–H groups in total. The predicted octanol–water partition coefficient (Wildman–Crippen LogP) is 0.870. The number of para-hydroxylation sites is 1. The molecule has 0 fully saturated rings. The largest absolute Gasteiger partial charge is 0.420 e. The Morgan fingerprint density at radius 2 is 1.67 bits per heavy atom. The van der Waals surface area contributed by atoms with Gasteiger partial charge >= 0.3 is 22.0 Å². The second kappa shape index (κ2) is 5.82. The van der Waals surface area contributed by atoms with Crippen LogP contribution in [0.3, 0.4) is 0 Å². The molecule has 0 saturated heterocycles. The molecule has 24 heavy (non-hydrogen) atoms. The fourth-order valence-corrected chi connectivity index (χ4v) is 2.99. The van der Waals surface area contributed by atoms with Gasteiger partial charge < -0.3 is 8.75 Å². The Labute approximate surface area is 133 Å². The first-order chi connectivity index (χ1) is 10.9. The Morgan fingerprint density at radius 1 is 1.08 bits per heavy atom. The number of aryl methyl sites for hydroxylation is 1. The van der Waals surface area contributed by atoms with E-state index < -0.39 is 43.8 Å². The third-order valence-electron chi connectivity index (χ3n) is 3.08. The van der Waals surface area contributed by atoms with Crippen LogP contribution in [0.15, 0.2) is 44.9 Å². The van der Waals surface area contributed by atoms with Crippen LogP contribution in [0.5, 0.6) is 5.75 Å². The molecular weight excluding hydrogens is 353 g/mol. The van der Waals surface area contributed by atoms with E-state index in [0.29, 0.717) is 16.8 Å². The van der Waals surface area contributed by atoms with Crippen LogP contribution >= 0.6 is 0 Å². The molecule has 0 radical (unpaired) electrons. The molecule has 0 bridgehead atoms. The van der Waals surface area contributed by atoms with Gasteiger partial charge in [-0.05, 0) is 12.1 Å². The average molecular weight is 364 g/mol. The number of hydrogen-bond acceptors (Lipinski definition) is 5. The van der Waals surface area contributed by atoms with Crippen LogP contribution < -0.4 is 15.4 Å². The Bertz CT molecular complexity index is 1010. The molecule has 0 amide bonds. The normalized spacial score (nSPS) is 12.2. The van der Waals surface area contributed by atoms with E-state index in [-0.39, 0.29) is 0 Å². The molecule has 0 aliphatic carbocycles. The Balaban J connectivity index is 2.61. The number of alkyl halides is 3. The molecule has 0 atom stereocenters. The van der Waals surface area contributed by atoms with E-state index in [0.717, 1.165) is 29.8 Å². The number of aromatic nitrogens is 2. The molecule has 1 aromatic carbocycles. The van der Waals surface area contributed by atoms with Gasteiger partial charge in [0.15, 0.2) is 10.6 Å². The highest BCUT2D eigenvalue weighted by atomic mass is 32.2. The van der Waals surface area contributed by atoms with Crippen molar-refractivity contribution in [3.8, 4) is 5.75 Å². The highest BCUT2D eigenvalue weighted by molar-refractivity contribution is 7.87. The van der Waals surface area contributed by atoms with Gasteiger partial charge in [-0.1, -0.05) is 12.1 Å². The summed E-state index contributed by atoms with van der Waals surface area (Å²) in [6.07, 6.45) is -4.16. The van der Waals surface area contributed by atoms with Crippen molar-refractivity contribution in [2.24, 2.45) is 14.1 Å². The zero-order chi connectivity index (χ0) is 18.3. The lowest BCUT2D eigenvalue weighted by Gasteiger charge is -2.13. The molecule has 1 heterocycles. The maximum absolute atomic E-state index is 12.9. The predicted molar refractivity (Wildman–Crippen MR) is 76.2 cm³/mol. The van der Waals surface area contributed by atoms with E-state index in [1.807, 2.05) is 0 Å². The second-order valence-electron chi connectivity index (χ2n) is 4.78. The summed E-state index contributed by atoms with van der Waals surface area (Å²) in [5.41, 5.74) is -3.31. The third kappa shape index (κ3) is 3.20. The summed E-state index contributed by atoms with van der Waals surface area (Å²) in [6.45, 7) is 0. The van der Waals surface area contributed by atoms with Crippen molar-refractivity contribution in [2.45, 2.75) is 11.1 Å². The SMILES string of the molecule is Cn1cc(S(=O)(=O)Oc2ccccc2C(F)(F)F)c(=O)n(C)c1=O. The topological polar surface area (TPSA) is 87.4 Å². The molecule has 7 nitrogen and oxygen atoms in total. The van der Waals surface area contributed by atoms with Crippen molar-refractivity contribution in [3.05, 3.63) is 56.9 Å². The van der Waals surface area contributed by atoms with Crippen LogP contribution in [-0.4, -0.2) is 17.6 Å². The van der Waals surface area contributed by atoms with Crippen LogP contribution in [-0.2, 0) is 30.4 Å². The zero-order valence-electron chi connectivity index (χ0n) is 12.4. The van der Waals surface area contributed by atoms with Gasteiger partial charge in [0.25, 0.3) is 5.56 Å². The van der Waals surface area contributed by atoms with Crippen molar-refractivity contribution in [1.29, 1.82) is 0 Å². The minimum absolute atomic E-state index is 0.506. The van der Waals surface area contributed by atoms with E-state index in [9.17, 15) is 31.2 Å². The van der Waals surface area contributed by atoms with Crippen molar-refractivity contribution in [2.75, 3.05) is 0 Å². The maximum Gasteiger partial charge on any atom is 0.420 e. The number of nitrogens with zero attached hydrogens (tertiary/aromatic N) is 2. The Morgan fingerprint density at radius 3 is 2.25 bits per heavy atom. The number of benzene rings is 1. The summed E-state index contributed by atoms with van der Waals surface area (Å²) in [7, 11) is -2.66. The molecule has 1 aromatic heterocycles. The van der Waals surface area contributed by atoms with E-state index in [1.165, 1.54) is 7.05 Å². The molecule has 2 aromatic rings. The maximum atomic E-state index is 12.9. The minimum Gasteiger partial charge on any atom is -0.378 e. The lowest BCUT2D eigenvalue weighted by Crippen LogP contribution is -2.40. The first-order valence-electron chi connectivity index (χ1n) is 6.32. The fourth-order valence-electron chi connectivity index (χ4n) is 1.88. The number of rotatable bonds is 3. The van der Waals surface area contributed by atoms with Crippen LogP contribution in [0.1, 0.15) is 5.56 Å². The van der Waals surface area contributed by atoms with E-state index >= 15 is 0 Å². The average Bonchev–Trinajstić information content (AvgIpc) is 2.47. The van der Waals surface area contributed by atoms with Gasteiger partial charge in [-0.15, -0.1) is 0 Å². The molecular formula is C13H11F3N2O5S. The summed E-state index contributed by atoms with van der Waals surface area (Å²) < 4.78 is 68.9. The van der Waals surface area contributed by atoms with Gasteiger partial charge in [0, 0.05) is 20.3 Å². The second-order valence-corrected chi connectivity index (χ2v) is 6.30. The molecule has 0 saturated carbocycles. The zero-order valence-corrected chi connectivity index (χ0v) is 13.2. The summed E-state index contributed by atoms with van der Waals surface area (Å²) >= 11 is 0. The summed E-state index contributed by atoms with van der Waals surface area (Å²) in [4.78, 5) is 22.5. The van der Waals surface area contributed by atoms with Gasteiger partial charge in [0.1, 0.15) is 0 Å². The van der Waals surface area contributed by atoms with Crippen molar-refractivity contribution in [1.82, 2.24) is 9.13 Å². The van der Waals surface area contributed by atoms with Gasteiger partial charge in [-0.3, -0.25) is 9.36 Å². The van der Waals surface area contributed by atoms with Gasteiger partial charge in [0.2, 0.25) is 0 Å². The van der Waals surface area contributed by atoms with Crippen LogP contribution in [0.4, 0.5) is 13.2 Å². The fraction of sp³-hybridized carbons (Fsp3) is 0.231. The Kier molecular flexibility index (Phi) is 4.31. The van der Waals surface area contributed by atoms with Crippen LogP contribution in [0.25, 0.3) is 0 Å². The Hall–Kier alpha value is -2.56. The van der Waals surface area contributed by atoms with Gasteiger partial charge in [-0.25, -0.2) is 4.79 Å². The molecule has 0 aliphatic rings. The summed E-state index contributed by atoms with van der Waals surface area (Å²) in [5.74, 6) is -0.971. The lowest BCUT2D eigenvalue weighted by atomic mass is 10.2. The monoisotopic (exact) mass is 364 g/mol. The van der Waals surface area contributed by atoms with Crippen LogP contribution in [0.2, 0.25) is 0 Å². The first-order valence-corrected chi connectivity index (χ1v) is 7.73. The van der Waals surface area contributed by atoms with Crippen molar-refractivity contribution < 1.29 is 25.8 Å². The highest BCUT2D eigenvalue weighted by Gasteiger charge is 2.36. The van der Waals surface area contributed by atoms with E-state index in [2.05, 4.69) is 4.18 Å². The van der Waals surface area contributed by atoms with Crippen molar-refractivity contribution >= 4 is 10.1 Å². The first kappa shape index (κ1) is 17.8. The smallest absolute Gasteiger partial charge is 0.378 e. The molecule has 0 unspecified atom stereocenters. The molecule has 130 valence electrons. The standard InChI is InChI=1S/C13H11F3N2O5S/c1-17-7-10(11(19)18(2)12(17)20)24(21,22)23-9-6-4-3-5-8(9)13(14,15)16/h3-7H,1-2H3. The number of halogens is 3. The van der Waals surface area contributed by atoms with Crippen LogP contribution in [0, 0.1) is 0 Å². The summed E-state index contributed by atoms with van der Waals surface area (Å²) in [6, 6.07) is 3.67. The van der Waals surface area contributed by atoms with Gasteiger partial charge in [-0.2, -0.15) is 21.6 Å². The van der Waals surface area contributed by atoms with E-state index in [4.69, 9.17) is 0 Å².